The molecule has 4 nitrogen and oxygen atoms in total. The first-order chi connectivity index (χ1) is 15.1. The molecule has 31 heavy (non-hydrogen) atoms. The highest BCUT2D eigenvalue weighted by molar-refractivity contribution is 5.85. The fourth-order valence-corrected chi connectivity index (χ4v) is 5.93. The molecular weight excluding hydrogens is 388 g/mol. The van der Waals surface area contributed by atoms with Crippen molar-refractivity contribution < 1.29 is 19.1 Å². The molecule has 0 amide bonds. The number of ether oxygens (including phenoxy) is 2. The molecule has 2 aliphatic rings. The van der Waals surface area contributed by atoms with Crippen LogP contribution in [-0.2, 0) is 19.1 Å². The van der Waals surface area contributed by atoms with E-state index in [9.17, 15) is 9.59 Å². The molecule has 0 spiro atoms. The molecule has 2 atom stereocenters. The third-order valence-electron chi connectivity index (χ3n) is 7.89. The lowest BCUT2D eigenvalue weighted by Crippen LogP contribution is -2.51. The van der Waals surface area contributed by atoms with Gasteiger partial charge in [0.05, 0.1) is 24.5 Å². The van der Waals surface area contributed by atoms with E-state index in [1.807, 2.05) is 0 Å². The monoisotopic (exact) mass is 436 g/mol. The summed E-state index contributed by atoms with van der Waals surface area (Å²) in [5.74, 6) is -0.188. The summed E-state index contributed by atoms with van der Waals surface area (Å²) in [6.45, 7) is 7.31. The van der Waals surface area contributed by atoms with Gasteiger partial charge >= 0.3 is 11.9 Å². The van der Waals surface area contributed by atoms with Gasteiger partial charge in [0.2, 0.25) is 0 Å². The normalized spacial score (nSPS) is 21.3. The Hall–Kier alpha value is -1.06. The van der Waals surface area contributed by atoms with E-state index in [2.05, 4.69) is 20.8 Å². The lowest BCUT2D eigenvalue weighted by atomic mass is 9.58. The van der Waals surface area contributed by atoms with Gasteiger partial charge in [-0.3, -0.25) is 9.59 Å². The second-order valence-electron chi connectivity index (χ2n) is 10.2. The highest BCUT2D eigenvalue weighted by Gasteiger charge is 2.55. The van der Waals surface area contributed by atoms with Gasteiger partial charge in [-0.05, 0) is 57.3 Å². The summed E-state index contributed by atoms with van der Waals surface area (Å²) >= 11 is 0. The molecule has 0 N–H and O–H groups in total. The largest absolute Gasteiger partial charge is 0.465 e. The third-order valence-corrected chi connectivity index (χ3v) is 7.89. The van der Waals surface area contributed by atoms with Gasteiger partial charge in [-0.25, -0.2) is 0 Å². The average molecular weight is 437 g/mol. The number of unbranched alkanes of at least 4 members (excludes halogenated alkanes) is 4. The molecule has 2 rings (SSSR count). The maximum absolute atomic E-state index is 13.7. The predicted octanol–water partition coefficient (Wildman–Crippen LogP) is 7.24. The van der Waals surface area contributed by atoms with Gasteiger partial charge in [0.15, 0.2) is 0 Å². The molecule has 0 aromatic carbocycles. The molecule has 2 saturated carbocycles. The summed E-state index contributed by atoms with van der Waals surface area (Å²) < 4.78 is 11.7. The molecule has 0 aliphatic heterocycles. The van der Waals surface area contributed by atoms with E-state index in [1.54, 1.807) is 0 Å². The van der Waals surface area contributed by atoms with Crippen LogP contribution in [0.1, 0.15) is 124 Å². The first kappa shape index (κ1) is 26.2. The maximum Gasteiger partial charge on any atom is 0.312 e. The summed E-state index contributed by atoms with van der Waals surface area (Å²) in [5.41, 5.74) is -0.767. The van der Waals surface area contributed by atoms with Crippen molar-refractivity contribution in [2.24, 2.45) is 23.2 Å². The van der Waals surface area contributed by atoms with Gasteiger partial charge in [-0.1, -0.05) is 78.1 Å². The molecule has 0 aromatic rings. The van der Waals surface area contributed by atoms with E-state index in [0.717, 1.165) is 89.9 Å². The number of rotatable bonds is 13. The minimum absolute atomic E-state index is 0.137. The smallest absolute Gasteiger partial charge is 0.312 e. The van der Waals surface area contributed by atoms with E-state index in [1.165, 1.54) is 12.8 Å². The van der Waals surface area contributed by atoms with Crippen LogP contribution in [0.2, 0.25) is 0 Å². The van der Waals surface area contributed by atoms with Crippen LogP contribution >= 0.6 is 0 Å². The molecule has 0 bridgehead atoms. The number of hydrogen-bond donors (Lipinski definition) is 0. The summed E-state index contributed by atoms with van der Waals surface area (Å²) in [7, 11) is 0. The van der Waals surface area contributed by atoms with Crippen LogP contribution in [0.3, 0.4) is 0 Å². The topological polar surface area (TPSA) is 52.6 Å². The molecule has 2 fully saturated rings. The van der Waals surface area contributed by atoms with E-state index >= 15 is 0 Å². The first-order valence-electron chi connectivity index (χ1n) is 13.4. The van der Waals surface area contributed by atoms with E-state index in [4.69, 9.17) is 9.47 Å². The van der Waals surface area contributed by atoms with Gasteiger partial charge in [-0.15, -0.1) is 0 Å². The van der Waals surface area contributed by atoms with Crippen molar-refractivity contribution in [3.8, 4) is 0 Å². The Bertz CT molecular complexity index is 519. The Morgan fingerprint density at radius 3 is 1.84 bits per heavy atom. The Morgan fingerprint density at radius 2 is 1.29 bits per heavy atom. The minimum Gasteiger partial charge on any atom is -0.465 e. The van der Waals surface area contributed by atoms with E-state index < -0.39 is 5.41 Å². The lowest BCUT2D eigenvalue weighted by molar-refractivity contribution is -0.179. The molecule has 0 saturated heterocycles. The average Bonchev–Trinajstić information content (AvgIpc) is 2.80. The summed E-state index contributed by atoms with van der Waals surface area (Å²) in [6.07, 6.45) is 17.3. The van der Waals surface area contributed by atoms with Crippen molar-refractivity contribution in [3.05, 3.63) is 0 Å². The summed E-state index contributed by atoms with van der Waals surface area (Å²) in [4.78, 5) is 27.2. The van der Waals surface area contributed by atoms with E-state index in [0.29, 0.717) is 13.2 Å². The van der Waals surface area contributed by atoms with Crippen LogP contribution in [0.15, 0.2) is 0 Å². The van der Waals surface area contributed by atoms with Gasteiger partial charge < -0.3 is 9.47 Å². The lowest BCUT2D eigenvalue weighted by Gasteiger charge is -2.45. The Morgan fingerprint density at radius 1 is 0.774 bits per heavy atom. The number of carbonyl (C=O) groups excluding carboxylic acids is 2. The van der Waals surface area contributed by atoms with Crippen LogP contribution in [0.25, 0.3) is 0 Å². The van der Waals surface area contributed by atoms with Crippen LogP contribution in [0.4, 0.5) is 0 Å². The standard InChI is InChI=1S/C27H48O4/c1-4-6-14-20-30-25(28)24(22-16-10-8-11-17-22)27(3,23-18-12-9-13-19-23)26(29)31-21-15-7-5-2/h22-24H,4-21H2,1-3H3. The van der Waals surface area contributed by atoms with Crippen molar-refractivity contribution in [1.29, 1.82) is 0 Å². The van der Waals surface area contributed by atoms with Crippen molar-refractivity contribution in [3.63, 3.8) is 0 Å². The number of esters is 2. The molecular formula is C27H48O4. The third kappa shape index (κ3) is 7.49. The fourth-order valence-electron chi connectivity index (χ4n) is 5.93. The van der Waals surface area contributed by atoms with E-state index in [-0.39, 0.29) is 29.7 Å². The molecule has 0 radical (unpaired) electrons. The quantitative estimate of drug-likeness (QED) is 0.226. The van der Waals surface area contributed by atoms with Crippen molar-refractivity contribution in [1.82, 2.24) is 0 Å². The molecule has 2 unspecified atom stereocenters. The highest BCUT2D eigenvalue weighted by Crippen LogP contribution is 2.50. The summed E-state index contributed by atoms with van der Waals surface area (Å²) in [5, 5.41) is 0. The van der Waals surface area contributed by atoms with Gasteiger partial charge in [0.1, 0.15) is 0 Å². The Labute approximate surface area is 191 Å². The zero-order valence-corrected chi connectivity index (χ0v) is 20.6. The van der Waals surface area contributed by atoms with Crippen LogP contribution in [-0.4, -0.2) is 25.2 Å². The Balaban J connectivity index is 2.26. The van der Waals surface area contributed by atoms with Gasteiger partial charge in [0, 0.05) is 0 Å². The first-order valence-corrected chi connectivity index (χ1v) is 13.4. The summed E-state index contributed by atoms with van der Waals surface area (Å²) in [6, 6.07) is 0. The zero-order valence-electron chi connectivity index (χ0n) is 20.6. The Kier molecular flexibility index (Phi) is 12.0. The minimum atomic E-state index is -0.767. The van der Waals surface area contributed by atoms with Gasteiger partial charge in [0.25, 0.3) is 0 Å². The predicted molar refractivity (Wildman–Crippen MR) is 126 cm³/mol. The second-order valence-corrected chi connectivity index (χ2v) is 10.2. The number of hydrogen-bond acceptors (Lipinski definition) is 4. The highest BCUT2D eigenvalue weighted by atomic mass is 16.5. The van der Waals surface area contributed by atoms with Crippen LogP contribution in [0, 0.1) is 23.2 Å². The van der Waals surface area contributed by atoms with Crippen molar-refractivity contribution in [2.75, 3.05) is 13.2 Å². The molecule has 4 heteroatoms. The molecule has 2 aliphatic carbocycles. The molecule has 0 aromatic heterocycles. The maximum atomic E-state index is 13.7. The molecule has 180 valence electrons. The van der Waals surface area contributed by atoms with Crippen LogP contribution in [0.5, 0.6) is 0 Å². The van der Waals surface area contributed by atoms with Crippen molar-refractivity contribution >= 4 is 11.9 Å². The molecule has 0 heterocycles. The van der Waals surface area contributed by atoms with Crippen molar-refractivity contribution in [2.45, 2.75) is 124 Å². The number of carbonyl (C=O) groups is 2. The fraction of sp³-hybridized carbons (Fsp3) is 0.926. The zero-order chi connectivity index (χ0) is 22.5. The van der Waals surface area contributed by atoms with Crippen LogP contribution < -0.4 is 0 Å². The second kappa shape index (κ2) is 14.2. The van der Waals surface area contributed by atoms with Gasteiger partial charge in [-0.2, -0.15) is 0 Å². The SMILES string of the molecule is CCCCCOC(=O)C(C1CCCCC1)C(C)(C(=O)OCCCCC)C1CCCCC1.